The number of anilines is 3. The van der Waals surface area contributed by atoms with Crippen molar-refractivity contribution in [2.24, 2.45) is 0 Å². The molecule has 1 aromatic heterocycles. The number of benzene rings is 2. The Morgan fingerprint density at radius 1 is 0.885 bits per heavy atom. The molecule has 2 aromatic carbocycles. The zero-order chi connectivity index (χ0) is 17.6. The summed E-state index contributed by atoms with van der Waals surface area (Å²) in [6.45, 7) is 2.04. The number of nitrogens with zero attached hydrogens (tertiary/aromatic N) is 4. The molecule has 1 saturated heterocycles. The van der Waals surface area contributed by atoms with Crippen LogP contribution >= 0.6 is 0 Å². The van der Waals surface area contributed by atoms with Gasteiger partial charge in [-0.05, 0) is 43.5 Å². The topological polar surface area (TPSA) is 63.2 Å². The summed E-state index contributed by atoms with van der Waals surface area (Å²) in [4.78, 5) is 6.89. The van der Waals surface area contributed by atoms with Crippen molar-refractivity contribution in [3.8, 4) is 11.5 Å². The van der Waals surface area contributed by atoms with Crippen LogP contribution in [0.5, 0.6) is 11.5 Å². The van der Waals surface area contributed by atoms with Gasteiger partial charge in [-0.25, -0.2) is 0 Å². The summed E-state index contributed by atoms with van der Waals surface area (Å²) in [7, 11) is 0. The number of rotatable bonds is 5. The lowest BCUT2D eigenvalue weighted by Crippen LogP contribution is -2.30. The number of hydrogen-bond acceptors (Lipinski definition) is 6. The highest BCUT2D eigenvalue weighted by Crippen LogP contribution is 2.30. The Hall–Kier alpha value is -3.15. The fourth-order valence-corrected chi connectivity index (χ4v) is 3.02. The molecule has 1 aliphatic heterocycles. The van der Waals surface area contributed by atoms with Gasteiger partial charge in [0.1, 0.15) is 5.75 Å². The average Bonchev–Trinajstić information content (AvgIpc) is 2.71. The molecule has 0 radical (unpaired) electrons. The maximum Gasteiger partial charge on any atom is 0.249 e. The van der Waals surface area contributed by atoms with Gasteiger partial charge in [0.15, 0.2) is 11.6 Å². The molecule has 26 heavy (non-hydrogen) atoms. The van der Waals surface area contributed by atoms with E-state index in [1.54, 1.807) is 6.20 Å². The van der Waals surface area contributed by atoms with E-state index < -0.39 is 0 Å². The molecule has 1 N–H and O–H groups in total. The Kier molecular flexibility index (Phi) is 4.91. The lowest BCUT2D eigenvalue weighted by atomic mass is 10.1. The molecule has 132 valence electrons. The van der Waals surface area contributed by atoms with Gasteiger partial charge in [-0.3, -0.25) is 0 Å². The molecule has 1 aliphatic rings. The Morgan fingerprint density at radius 2 is 1.65 bits per heavy atom. The second-order valence-electron chi connectivity index (χ2n) is 6.22. The molecule has 2 heterocycles. The summed E-state index contributed by atoms with van der Waals surface area (Å²) in [5, 5.41) is 11.5. The van der Waals surface area contributed by atoms with Crippen LogP contribution in [0.1, 0.15) is 19.3 Å². The summed E-state index contributed by atoms with van der Waals surface area (Å²) in [5.41, 5.74) is 0.800. The van der Waals surface area contributed by atoms with Gasteiger partial charge in [0.05, 0.1) is 11.9 Å². The lowest BCUT2D eigenvalue weighted by Gasteiger charge is -2.27. The van der Waals surface area contributed by atoms with Crippen LogP contribution < -0.4 is 15.0 Å². The Morgan fingerprint density at radius 3 is 2.50 bits per heavy atom. The van der Waals surface area contributed by atoms with Gasteiger partial charge in [0, 0.05) is 13.1 Å². The van der Waals surface area contributed by atoms with Crippen LogP contribution in [-0.2, 0) is 0 Å². The number of para-hydroxylation sites is 3. The first-order chi connectivity index (χ1) is 12.9. The lowest BCUT2D eigenvalue weighted by molar-refractivity contribution is 0.485. The van der Waals surface area contributed by atoms with E-state index >= 15 is 0 Å². The van der Waals surface area contributed by atoms with Gasteiger partial charge in [-0.2, -0.15) is 10.1 Å². The van der Waals surface area contributed by atoms with E-state index in [9.17, 15) is 0 Å². The first-order valence-corrected chi connectivity index (χ1v) is 8.92. The van der Waals surface area contributed by atoms with Crippen molar-refractivity contribution < 1.29 is 4.74 Å². The molecule has 6 nitrogen and oxygen atoms in total. The summed E-state index contributed by atoms with van der Waals surface area (Å²) in [6.07, 6.45) is 5.40. The van der Waals surface area contributed by atoms with E-state index in [1.165, 1.54) is 19.3 Å². The number of hydrogen-bond donors (Lipinski definition) is 1. The molecule has 0 atom stereocenters. The van der Waals surface area contributed by atoms with E-state index in [0.717, 1.165) is 30.3 Å². The summed E-state index contributed by atoms with van der Waals surface area (Å²) >= 11 is 0. The minimum atomic E-state index is 0.470. The zero-order valence-corrected chi connectivity index (χ0v) is 14.5. The van der Waals surface area contributed by atoms with Crippen LogP contribution in [0, 0.1) is 0 Å². The van der Waals surface area contributed by atoms with Crippen molar-refractivity contribution in [2.45, 2.75) is 19.3 Å². The molecule has 3 aromatic rings. The number of ether oxygens (including phenoxy) is 1. The van der Waals surface area contributed by atoms with Crippen LogP contribution in [0.25, 0.3) is 0 Å². The summed E-state index contributed by atoms with van der Waals surface area (Å²) < 4.78 is 5.98. The van der Waals surface area contributed by atoms with Crippen molar-refractivity contribution in [1.82, 2.24) is 15.2 Å². The second-order valence-corrected chi connectivity index (χ2v) is 6.22. The van der Waals surface area contributed by atoms with Gasteiger partial charge < -0.3 is 15.0 Å². The monoisotopic (exact) mass is 347 g/mol. The van der Waals surface area contributed by atoms with E-state index in [4.69, 9.17) is 4.74 Å². The minimum Gasteiger partial charge on any atom is -0.455 e. The van der Waals surface area contributed by atoms with Crippen LogP contribution in [0.4, 0.5) is 17.5 Å². The fraction of sp³-hybridized carbons (Fsp3) is 0.250. The van der Waals surface area contributed by atoms with E-state index in [-0.39, 0.29) is 0 Å². The maximum absolute atomic E-state index is 5.98. The van der Waals surface area contributed by atoms with Crippen LogP contribution in [0.3, 0.4) is 0 Å². The minimum absolute atomic E-state index is 0.470. The molecule has 1 fully saturated rings. The normalized spacial score (nSPS) is 14.1. The molecule has 0 aliphatic carbocycles. The molecular weight excluding hydrogens is 326 g/mol. The molecule has 0 unspecified atom stereocenters. The van der Waals surface area contributed by atoms with Gasteiger partial charge in [0.25, 0.3) is 0 Å². The van der Waals surface area contributed by atoms with Crippen molar-refractivity contribution in [3.05, 3.63) is 60.8 Å². The van der Waals surface area contributed by atoms with E-state index in [0.29, 0.717) is 11.7 Å². The summed E-state index contributed by atoms with van der Waals surface area (Å²) in [6, 6.07) is 17.4. The second kappa shape index (κ2) is 7.82. The third-order valence-electron chi connectivity index (χ3n) is 4.33. The van der Waals surface area contributed by atoms with Gasteiger partial charge >= 0.3 is 0 Å². The van der Waals surface area contributed by atoms with E-state index in [2.05, 4.69) is 25.4 Å². The van der Waals surface area contributed by atoms with Gasteiger partial charge in [-0.1, -0.05) is 30.3 Å². The maximum atomic E-state index is 5.98. The Labute approximate surface area is 152 Å². The molecule has 4 rings (SSSR count). The molecule has 6 heteroatoms. The van der Waals surface area contributed by atoms with Gasteiger partial charge in [0.2, 0.25) is 5.95 Å². The van der Waals surface area contributed by atoms with Crippen molar-refractivity contribution in [2.75, 3.05) is 23.3 Å². The number of aromatic nitrogens is 3. The molecule has 0 amide bonds. The van der Waals surface area contributed by atoms with Crippen LogP contribution in [0.15, 0.2) is 60.8 Å². The highest BCUT2D eigenvalue weighted by molar-refractivity contribution is 5.63. The molecule has 0 spiro atoms. The van der Waals surface area contributed by atoms with Gasteiger partial charge in [-0.15, -0.1) is 5.10 Å². The smallest absolute Gasteiger partial charge is 0.249 e. The largest absolute Gasteiger partial charge is 0.455 e. The molecular formula is C20H21N5O. The predicted octanol–water partition coefficient (Wildman–Crippen LogP) is 4.40. The van der Waals surface area contributed by atoms with E-state index in [1.807, 2.05) is 54.6 Å². The van der Waals surface area contributed by atoms with Crippen molar-refractivity contribution in [3.63, 3.8) is 0 Å². The number of nitrogens with one attached hydrogen (secondary N) is 1. The Balaban J connectivity index is 1.54. The number of piperidine rings is 1. The first-order valence-electron chi connectivity index (χ1n) is 8.92. The highest BCUT2D eigenvalue weighted by Gasteiger charge is 2.14. The third-order valence-corrected chi connectivity index (χ3v) is 4.33. The average molecular weight is 347 g/mol. The fourth-order valence-electron chi connectivity index (χ4n) is 3.02. The third kappa shape index (κ3) is 3.91. The summed E-state index contributed by atoms with van der Waals surface area (Å²) in [5.74, 6) is 2.83. The van der Waals surface area contributed by atoms with Crippen LogP contribution in [-0.4, -0.2) is 28.3 Å². The quantitative estimate of drug-likeness (QED) is 0.738. The highest BCUT2D eigenvalue weighted by atomic mass is 16.5. The van der Waals surface area contributed by atoms with Crippen LogP contribution in [0.2, 0.25) is 0 Å². The first kappa shape index (κ1) is 16.3. The SMILES string of the molecule is c1ccc(Oc2ccccc2Nc2nncc(N3CCCCC3)n2)cc1. The zero-order valence-electron chi connectivity index (χ0n) is 14.5. The standard InChI is InChI=1S/C20H21N5O/c1-3-9-16(10-4-1)26-18-12-6-5-11-17(18)22-20-23-19(15-21-24-20)25-13-7-2-8-14-25/h1,3-6,9-12,15H,2,7-8,13-14H2,(H,22,23,24). The Bertz CT molecular complexity index is 850. The molecule has 0 bridgehead atoms. The van der Waals surface area contributed by atoms with Crippen molar-refractivity contribution in [1.29, 1.82) is 0 Å². The predicted molar refractivity (Wildman–Crippen MR) is 102 cm³/mol. The molecule has 0 saturated carbocycles. The van der Waals surface area contributed by atoms with Crippen molar-refractivity contribution >= 4 is 17.5 Å².